The van der Waals surface area contributed by atoms with Gasteiger partial charge in [0.2, 0.25) is 0 Å². The third-order valence-electron chi connectivity index (χ3n) is 5.96. The molecule has 34 heavy (non-hydrogen) atoms. The maximum atomic E-state index is 12.8. The lowest BCUT2D eigenvalue weighted by atomic mass is 9.91. The molecule has 0 amide bonds. The van der Waals surface area contributed by atoms with Gasteiger partial charge in [0.05, 0.1) is 17.5 Å². The number of esters is 2. The van der Waals surface area contributed by atoms with Gasteiger partial charge in [-0.3, -0.25) is 4.79 Å². The van der Waals surface area contributed by atoms with Crippen LogP contribution < -0.4 is 4.74 Å². The smallest absolute Gasteiger partial charge is 0.416 e. The predicted molar refractivity (Wildman–Crippen MR) is 114 cm³/mol. The Bertz CT molecular complexity index is 1050. The molecule has 2 aromatic carbocycles. The van der Waals surface area contributed by atoms with Crippen molar-refractivity contribution in [3.05, 3.63) is 77.9 Å². The quantitative estimate of drug-likeness (QED) is 0.477. The maximum absolute atomic E-state index is 12.8. The van der Waals surface area contributed by atoms with E-state index in [9.17, 15) is 27.9 Å². The number of hydrogen-bond donors (Lipinski definition) is 1. The Morgan fingerprint density at radius 1 is 1.18 bits per heavy atom. The number of aliphatic hydroxyl groups is 1. The monoisotopic (exact) mass is 476 g/mol. The number of carbonyl (C=O) groups is 2. The average molecular weight is 476 g/mol. The van der Waals surface area contributed by atoms with Crippen LogP contribution in [0.25, 0.3) is 0 Å². The fourth-order valence-corrected chi connectivity index (χ4v) is 4.33. The van der Waals surface area contributed by atoms with Gasteiger partial charge in [-0.05, 0) is 30.3 Å². The molecule has 2 aromatic rings. The van der Waals surface area contributed by atoms with Crippen LogP contribution in [0.4, 0.5) is 13.2 Å². The molecule has 1 saturated heterocycles. The first-order chi connectivity index (χ1) is 16.2. The van der Waals surface area contributed by atoms with Crippen molar-refractivity contribution < 1.29 is 42.1 Å². The summed E-state index contributed by atoms with van der Waals surface area (Å²) in [5.41, 5.74) is -0.449. The summed E-state index contributed by atoms with van der Waals surface area (Å²) in [5.74, 6) is -1.41. The Hall–Kier alpha value is -3.33. The number of hydrogen-bond acceptors (Lipinski definition) is 6. The van der Waals surface area contributed by atoms with Crippen LogP contribution in [0.3, 0.4) is 0 Å². The summed E-state index contributed by atoms with van der Waals surface area (Å²) in [7, 11) is 0. The second-order valence-corrected chi connectivity index (χ2v) is 8.31. The molecule has 0 radical (unpaired) electrons. The molecule has 0 aromatic heterocycles. The van der Waals surface area contributed by atoms with Crippen molar-refractivity contribution in [2.75, 3.05) is 6.61 Å². The van der Waals surface area contributed by atoms with E-state index in [1.165, 1.54) is 18.2 Å². The highest BCUT2D eigenvalue weighted by Gasteiger charge is 2.50. The molecule has 1 heterocycles. The summed E-state index contributed by atoms with van der Waals surface area (Å²) in [6.45, 7) is -0.275. The van der Waals surface area contributed by atoms with Gasteiger partial charge in [0.15, 0.2) is 0 Å². The van der Waals surface area contributed by atoms with Crippen molar-refractivity contribution in [2.45, 2.75) is 37.3 Å². The molecule has 4 rings (SSSR count). The first-order valence-electron chi connectivity index (χ1n) is 10.8. The van der Waals surface area contributed by atoms with Crippen molar-refractivity contribution in [3.8, 4) is 5.75 Å². The van der Waals surface area contributed by atoms with Gasteiger partial charge in [0.25, 0.3) is 0 Å². The van der Waals surface area contributed by atoms with E-state index in [1.54, 1.807) is 36.4 Å². The third-order valence-corrected chi connectivity index (χ3v) is 5.96. The van der Waals surface area contributed by atoms with Crippen molar-refractivity contribution in [1.29, 1.82) is 0 Å². The summed E-state index contributed by atoms with van der Waals surface area (Å²) in [4.78, 5) is 24.3. The van der Waals surface area contributed by atoms with E-state index in [-0.39, 0.29) is 42.7 Å². The number of benzene rings is 2. The first kappa shape index (κ1) is 23.8. The molecule has 1 aliphatic heterocycles. The molecule has 1 N–H and O–H groups in total. The van der Waals surface area contributed by atoms with E-state index in [4.69, 9.17) is 14.2 Å². The van der Waals surface area contributed by atoms with E-state index in [0.717, 1.165) is 12.1 Å². The van der Waals surface area contributed by atoms with Gasteiger partial charge in [0.1, 0.15) is 30.7 Å². The minimum Gasteiger partial charge on any atom is -0.491 e. The largest absolute Gasteiger partial charge is 0.491 e. The van der Waals surface area contributed by atoms with E-state index < -0.39 is 29.9 Å². The molecule has 5 atom stereocenters. The van der Waals surface area contributed by atoms with E-state index in [0.29, 0.717) is 12.0 Å². The number of ether oxygens (including phenoxy) is 3. The molecule has 0 unspecified atom stereocenters. The SMILES string of the molecule is O=C1C[C@@H]2[C@@H](/C=C/[C@H](O)COc3cccc(C(F)(F)F)c3)[C@H](OC(=O)c3ccccc3)C[C@@H]2O1. The highest BCUT2D eigenvalue weighted by molar-refractivity contribution is 5.89. The molecule has 0 spiro atoms. The van der Waals surface area contributed by atoms with Crippen LogP contribution in [-0.4, -0.2) is 42.0 Å². The zero-order valence-corrected chi connectivity index (χ0v) is 18.0. The number of alkyl halides is 3. The molecule has 1 aliphatic carbocycles. The first-order valence-corrected chi connectivity index (χ1v) is 10.8. The second kappa shape index (κ2) is 9.89. The lowest BCUT2D eigenvalue weighted by Gasteiger charge is -2.20. The summed E-state index contributed by atoms with van der Waals surface area (Å²) in [5, 5.41) is 10.3. The van der Waals surface area contributed by atoms with Gasteiger partial charge < -0.3 is 19.3 Å². The normalized spacial score (nSPS) is 25.1. The zero-order valence-electron chi connectivity index (χ0n) is 18.0. The summed E-state index contributed by atoms with van der Waals surface area (Å²) in [6.07, 6.45) is -2.93. The molecule has 6 nitrogen and oxygen atoms in total. The Morgan fingerprint density at radius 2 is 1.94 bits per heavy atom. The predicted octanol–water partition coefficient (Wildman–Crippen LogP) is 4.18. The lowest BCUT2D eigenvalue weighted by Crippen LogP contribution is -2.25. The van der Waals surface area contributed by atoms with Crippen molar-refractivity contribution in [2.24, 2.45) is 11.8 Å². The van der Waals surface area contributed by atoms with Crippen molar-refractivity contribution in [3.63, 3.8) is 0 Å². The molecule has 9 heteroatoms. The maximum Gasteiger partial charge on any atom is 0.416 e. The standard InChI is InChI=1S/C25H23F3O6/c26-25(27,28)16-7-4-8-18(11-16)32-14-17(29)9-10-19-20-12-23(30)33-22(20)13-21(19)34-24(31)15-5-2-1-3-6-15/h1-11,17,19-22,29H,12-14H2/b10-9+/t17-,19+,20+,21+,22-/m0/s1. The molecule has 0 bridgehead atoms. The molecule has 2 aliphatic rings. The van der Waals surface area contributed by atoms with Gasteiger partial charge in [-0.2, -0.15) is 13.2 Å². The van der Waals surface area contributed by atoms with Gasteiger partial charge in [-0.1, -0.05) is 36.4 Å². The van der Waals surface area contributed by atoms with Crippen LogP contribution in [0.1, 0.15) is 28.8 Å². The van der Waals surface area contributed by atoms with Gasteiger partial charge in [0, 0.05) is 18.3 Å². The number of fused-ring (bicyclic) bond motifs is 1. The Balaban J connectivity index is 1.40. The summed E-state index contributed by atoms with van der Waals surface area (Å²) in [6, 6.07) is 12.9. The molecule has 1 saturated carbocycles. The van der Waals surface area contributed by atoms with E-state index in [1.807, 2.05) is 0 Å². The molecular formula is C25H23F3O6. The van der Waals surface area contributed by atoms with Gasteiger partial charge in [-0.25, -0.2) is 4.79 Å². The number of halogens is 3. The van der Waals surface area contributed by atoms with Crippen LogP contribution in [0, 0.1) is 11.8 Å². The number of rotatable bonds is 7. The van der Waals surface area contributed by atoms with E-state index in [2.05, 4.69) is 0 Å². The minimum absolute atomic E-state index is 0.0207. The van der Waals surface area contributed by atoms with Crippen molar-refractivity contribution >= 4 is 11.9 Å². The number of aliphatic hydroxyl groups excluding tert-OH is 1. The van der Waals surface area contributed by atoms with E-state index >= 15 is 0 Å². The summed E-state index contributed by atoms with van der Waals surface area (Å²) < 4.78 is 54.9. The van der Waals surface area contributed by atoms with Crippen LogP contribution >= 0.6 is 0 Å². The average Bonchev–Trinajstić information content (AvgIpc) is 3.31. The third kappa shape index (κ3) is 5.59. The van der Waals surface area contributed by atoms with Crippen LogP contribution in [-0.2, 0) is 20.4 Å². The van der Waals surface area contributed by atoms with Gasteiger partial charge in [-0.15, -0.1) is 0 Å². The Morgan fingerprint density at radius 3 is 2.68 bits per heavy atom. The highest BCUT2D eigenvalue weighted by Crippen LogP contribution is 2.43. The topological polar surface area (TPSA) is 82.1 Å². The number of carbonyl (C=O) groups excluding carboxylic acids is 2. The highest BCUT2D eigenvalue weighted by atomic mass is 19.4. The van der Waals surface area contributed by atoms with Gasteiger partial charge >= 0.3 is 18.1 Å². The van der Waals surface area contributed by atoms with Crippen LogP contribution in [0.2, 0.25) is 0 Å². The minimum atomic E-state index is -4.50. The zero-order chi connectivity index (χ0) is 24.3. The Labute approximate surface area is 193 Å². The van der Waals surface area contributed by atoms with Crippen LogP contribution in [0.5, 0.6) is 5.75 Å². The Kier molecular flexibility index (Phi) is 6.92. The fourth-order valence-electron chi connectivity index (χ4n) is 4.33. The molecule has 180 valence electrons. The van der Waals surface area contributed by atoms with Crippen molar-refractivity contribution in [1.82, 2.24) is 0 Å². The fraction of sp³-hybridized carbons (Fsp3) is 0.360. The summed E-state index contributed by atoms with van der Waals surface area (Å²) >= 11 is 0. The lowest BCUT2D eigenvalue weighted by molar-refractivity contribution is -0.142. The molecule has 2 fully saturated rings. The van der Waals surface area contributed by atoms with Crippen LogP contribution in [0.15, 0.2) is 66.7 Å². The molecular weight excluding hydrogens is 453 g/mol. The second-order valence-electron chi connectivity index (χ2n) is 8.31.